The van der Waals surface area contributed by atoms with E-state index in [4.69, 9.17) is 15.2 Å². The van der Waals surface area contributed by atoms with Gasteiger partial charge in [0.1, 0.15) is 5.75 Å². The number of hydrogen-bond acceptors (Lipinski definition) is 3. The van der Waals surface area contributed by atoms with E-state index in [0.29, 0.717) is 5.92 Å². The zero-order chi connectivity index (χ0) is 11.7. The van der Waals surface area contributed by atoms with Gasteiger partial charge in [-0.15, -0.1) is 0 Å². The summed E-state index contributed by atoms with van der Waals surface area (Å²) >= 11 is 0. The van der Waals surface area contributed by atoms with Crippen molar-refractivity contribution in [2.24, 2.45) is 11.7 Å². The topological polar surface area (TPSA) is 44.5 Å². The summed E-state index contributed by atoms with van der Waals surface area (Å²) in [6.07, 6.45) is 3.17. The Morgan fingerprint density at radius 2 is 2.00 bits per heavy atom. The van der Waals surface area contributed by atoms with Gasteiger partial charge in [0, 0.05) is 25.7 Å². The Bertz CT molecular complexity index is 399. The molecule has 0 unspecified atom stereocenters. The summed E-state index contributed by atoms with van der Waals surface area (Å²) in [6, 6.07) is 6.55. The van der Waals surface area contributed by atoms with E-state index in [1.54, 1.807) is 0 Å². The lowest BCUT2D eigenvalue weighted by atomic mass is 9.87. The van der Waals surface area contributed by atoms with Gasteiger partial charge in [0.2, 0.25) is 0 Å². The molecule has 2 heterocycles. The lowest BCUT2D eigenvalue weighted by Gasteiger charge is -2.28. The molecule has 0 aromatic heterocycles. The van der Waals surface area contributed by atoms with Crippen LogP contribution in [0.2, 0.25) is 0 Å². The summed E-state index contributed by atoms with van der Waals surface area (Å²) in [4.78, 5) is 0. The molecular weight excluding hydrogens is 214 g/mol. The number of benzene rings is 1. The smallest absolute Gasteiger partial charge is 0.122 e. The Morgan fingerprint density at radius 3 is 2.82 bits per heavy atom. The van der Waals surface area contributed by atoms with Gasteiger partial charge in [-0.2, -0.15) is 0 Å². The molecule has 1 saturated heterocycles. The number of ether oxygens (including phenoxy) is 2. The fourth-order valence-electron chi connectivity index (χ4n) is 2.76. The van der Waals surface area contributed by atoms with Gasteiger partial charge in [-0.1, -0.05) is 12.1 Å². The van der Waals surface area contributed by atoms with Crippen LogP contribution >= 0.6 is 0 Å². The van der Waals surface area contributed by atoms with Gasteiger partial charge in [0.25, 0.3) is 0 Å². The van der Waals surface area contributed by atoms with E-state index in [1.165, 1.54) is 11.1 Å². The zero-order valence-corrected chi connectivity index (χ0v) is 10.0. The van der Waals surface area contributed by atoms with Crippen molar-refractivity contribution < 1.29 is 9.47 Å². The van der Waals surface area contributed by atoms with Crippen molar-refractivity contribution >= 4 is 0 Å². The third-order valence-electron chi connectivity index (χ3n) is 3.87. The standard InChI is InChI=1S/C14H19NO2/c15-14(10-3-6-16-7-4-10)12-1-2-13-11(9-12)5-8-17-13/h1-2,9-10,14H,3-8,15H2/t14-/m1/s1. The molecule has 17 heavy (non-hydrogen) atoms. The van der Waals surface area contributed by atoms with Crippen molar-refractivity contribution in [3.8, 4) is 5.75 Å². The number of rotatable bonds is 2. The Kier molecular flexibility index (Phi) is 3.04. The molecule has 0 amide bonds. The van der Waals surface area contributed by atoms with Gasteiger partial charge >= 0.3 is 0 Å². The van der Waals surface area contributed by atoms with Gasteiger partial charge in [-0.25, -0.2) is 0 Å². The highest BCUT2D eigenvalue weighted by Gasteiger charge is 2.23. The molecule has 1 fully saturated rings. The molecule has 92 valence electrons. The quantitative estimate of drug-likeness (QED) is 0.850. The van der Waals surface area contributed by atoms with E-state index < -0.39 is 0 Å². The Labute approximate surface area is 102 Å². The van der Waals surface area contributed by atoms with Crippen LogP contribution in [0.4, 0.5) is 0 Å². The van der Waals surface area contributed by atoms with Crippen LogP contribution in [0.1, 0.15) is 30.0 Å². The molecule has 2 aliphatic rings. The normalized spacial score (nSPS) is 21.9. The van der Waals surface area contributed by atoms with E-state index in [0.717, 1.165) is 44.8 Å². The van der Waals surface area contributed by atoms with Crippen LogP contribution in [0.3, 0.4) is 0 Å². The average Bonchev–Trinajstić information content (AvgIpc) is 2.86. The minimum atomic E-state index is 0.143. The summed E-state index contributed by atoms with van der Waals surface area (Å²) in [5.74, 6) is 1.59. The molecule has 1 aromatic carbocycles. The highest BCUT2D eigenvalue weighted by Crippen LogP contribution is 2.32. The van der Waals surface area contributed by atoms with Crippen LogP contribution in [-0.4, -0.2) is 19.8 Å². The molecule has 0 radical (unpaired) electrons. The predicted octanol–water partition coefficient (Wildman–Crippen LogP) is 2.05. The van der Waals surface area contributed by atoms with E-state index in [-0.39, 0.29) is 6.04 Å². The van der Waals surface area contributed by atoms with Crippen LogP contribution in [-0.2, 0) is 11.2 Å². The molecule has 0 saturated carbocycles. The first kappa shape index (κ1) is 11.1. The molecular formula is C14H19NO2. The fraction of sp³-hybridized carbons (Fsp3) is 0.571. The van der Waals surface area contributed by atoms with Crippen LogP contribution in [0.25, 0.3) is 0 Å². The third kappa shape index (κ3) is 2.17. The zero-order valence-electron chi connectivity index (χ0n) is 10.0. The Hall–Kier alpha value is -1.06. The van der Waals surface area contributed by atoms with Crippen LogP contribution < -0.4 is 10.5 Å². The van der Waals surface area contributed by atoms with Gasteiger partial charge in [0.15, 0.2) is 0 Å². The van der Waals surface area contributed by atoms with Crippen molar-refractivity contribution in [1.82, 2.24) is 0 Å². The monoisotopic (exact) mass is 233 g/mol. The molecule has 0 bridgehead atoms. The maximum absolute atomic E-state index is 6.37. The SMILES string of the molecule is N[C@@H](c1ccc2c(c1)CCO2)C1CCOCC1. The molecule has 3 rings (SSSR count). The second kappa shape index (κ2) is 4.67. The molecule has 2 N–H and O–H groups in total. The van der Waals surface area contributed by atoms with Gasteiger partial charge in [0.05, 0.1) is 6.61 Å². The van der Waals surface area contributed by atoms with Crippen molar-refractivity contribution in [2.45, 2.75) is 25.3 Å². The lowest BCUT2D eigenvalue weighted by Crippen LogP contribution is -2.27. The van der Waals surface area contributed by atoms with Gasteiger partial charge < -0.3 is 15.2 Å². The van der Waals surface area contributed by atoms with E-state index >= 15 is 0 Å². The second-order valence-electron chi connectivity index (χ2n) is 4.94. The molecule has 2 aliphatic heterocycles. The maximum Gasteiger partial charge on any atom is 0.122 e. The van der Waals surface area contributed by atoms with Crippen LogP contribution in [0.5, 0.6) is 5.75 Å². The highest BCUT2D eigenvalue weighted by atomic mass is 16.5. The Morgan fingerprint density at radius 1 is 1.18 bits per heavy atom. The van der Waals surface area contributed by atoms with Gasteiger partial charge in [-0.3, -0.25) is 0 Å². The fourth-order valence-corrected chi connectivity index (χ4v) is 2.76. The lowest BCUT2D eigenvalue weighted by molar-refractivity contribution is 0.0584. The number of nitrogens with two attached hydrogens (primary N) is 1. The maximum atomic E-state index is 6.37. The van der Waals surface area contributed by atoms with Gasteiger partial charge in [-0.05, 0) is 36.0 Å². The van der Waals surface area contributed by atoms with Crippen molar-refractivity contribution in [3.05, 3.63) is 29.3 Å². The minimum absolute atomic E-state index is 0.143. The molecule has 1 aromatic rings. The van der Waals surface area contributed by atoms with Crippen LogP contribution in [0, 0.1) is 5.92 Å². The highest BCUT2D eigenvalue weighted by molar-refractivity contribution is 5.40. The first-order valence-electron chi connectivity index (χ1n) is 6.43. The Balaban J connectivity index is 1.78. The van der Waals surface area contributed by atoms with Crippen molar-refractivity contribution in [1.29, 1.82) is 0 Å². The van der Waals surface area contributed by atoms with E-state index in [2.05, 4.69) is 18.2 Å². The average molecular weight is 233 g/mol. The third-order valence-corrected chi connectivity index (χ3v) is 3.87. The number of fused-ring (bicyclic) bond motifs is 1. The summed E-state index contributed by atoms with van der Waals surface area (Å²) in [7, 11) is 0. The summed E-state index contributed by atoms with van der Waals surface area (Å²) < 4.78 is 10.9. The van der Waals surface area contributed by atoms with Crippen molar-refractivity contribution in [3.63, 3.8) is 0 Å². The first-order chi connectivity index (χ1) is 8.34. The molecule has 0 spiro atoms. The summed E-state index contributed by atoms with van der Waals surface area (Å²) in [5, 5.41) is 0. The van der Waals surface area contributed by atoms with E-state index in [9.17, 15) is 0 Å². The van der Waals surface area contributed by atoms with Crippen molar-refractivity contribution in [2.75, 3.05) is 19.8 Å². The second-order valence-corrected chi connectivity index (χ2v) is 4.94. The minimum Gasteiger partial charge on any atom is -0.493 e. The van der Waals surface area contributed by atoms with Crippen LogP contribution in [0.15, 0.2) is 18.2 Å². The largest absolute Gasteiger partial charge is 0.493 e. The molecule has 0 aliphatic carbocycles. The molecule has 3 nitrogen and oxygen atoms in total. The number of hydrogen-bond donors (Lipinski definition) is 1. The molecule has 1 atom stereocenters. The first-order valence-corrected chi connectivity index (χ1v) is 6.43. The summed E-state index contributed by atoms with van der Waals surface area (Å²) in [6.45, 7) is 2.52. The van der Waals surface area contributed by atoms with E-state index in [1.807, 2.05) is 0 Å². The summed E-state index contributed by atoms with van der Waals surface area (Å²) in [5.41, 5.74) is 8.93. The predicted molar refractivity (Wildman–Crippen MR) is 66.1 cm³/mol. The molecule has 3 heteroatoms.